The summed E-state index contributed by atoms with van der Waals surface area (Å²) in [7, 11) is 0. The fraction of sp³-hybridized carbons (Fsp3) is 0.333. The van der Waals surface area contributed by atoms with Gasteiger partial charge in [0.2, 0.25) is 0 Å². The van der Waals surface area contributed by atoms with Crippen LogP contribution in [-0.2, 0) is 4.79 Å². The van der Waals surface area contributed by atoms with Gasteiger partial charge >= 0.3 is 5.97 Å². The molecule has 3 rings (SSSR count). The number of halogens is 1. The molecule has 1 aromatic carbocycles. The molecular formula is C18H19FN2O2. The van der Waals surface area contributed by atoms with E-state index < -0.39 is 12.0 Å². The Morgan fingerprint density at radius 2 is 2.26 bits per heavy atom. The van der Waals surface area contributed by atoms with Gasteiger partial charge in [0.25, 0.3) is 0 Å². The highest BCUT2D eigenvalue weighted by Gasteiger charge is 2.37. The number of benzene rings is 1. The largest absolute Gasteiger partial charge is 0.480 e. The van der Waals surface area contributed by atoms with E-state index in [2.05, 4.69) is 4.98 Å². The predicted octanol–water partition coefficient (Wildman–Crippen LogP) is 3.17. The zero-order chi connectivity index (χ0) is 16.4. The van der Waals surface area contributed by atoms with Gasteiger partial charge in [0, 0.05) is 18.9 Å². The number of carbonyl (C=O) groups is 1. The Hall–Kier alpha value is -2.27. The average molecular weight is 314 g/mol. The van der Waals surface area contributed by atoms with Crippen molar-refractivity contribution < 1.29 is 14.3 Å². The van der Waals surface area contributed by atoms with Gasteiger partial charge in [0.1, 0.15) is 11.9 Å². The first-order valence-electron chi connectivity index (χ1n) is 7.72. The molecule has 1 N–H and O–H groups in total. The van der Waals surface area contributed by atoms with E-state index in [-0.39, 0.29) is 11.9 Å². The van der Waals surface area contributed by atoms with Crippen LogP contribution in [0.5, 0.6) is 0 Å². The lowest BCUT2D eigenvalue weighted by atomic mass is 9.94. The highest BCUT2D eigenvalue weighted by molar-refractivity contribution is 5.74. The molecular weight excluding hydrogens is 295 g/mol. The molecule has 0 spiro atoms. The molecule has 1 aromatic heterocycles. The van der Waals surface area contributed by atoms with Crippen LogP contribution in [0.15, 0.2) is 42.7 Å². The third-order valence-electron chi connectivity index (χ3n) is 4.43. The maximum Gasteiger partial charge on any atom is 0.320 e. The maximum absolute atomic E-state index is 13.7. The Labute approximate surface area is 134 Å². The molecule has 1 aliphatic heterocycles. The lowest BCUT2D eigenvalue weighted by molar-refractivity contribution is -0.142. The molecule has 2 unspecified atom stereocenters. The van der Waals surface area contributed by atoms with Crippen molar-refractivity contribution in [1.29, 1.82) is 0 Å². The van der Waals surface area contributed by atoms with Gasteiger partial charge in [-0.2, -0.15) is 0 Å². The molecule has 1 saturated heterocycles. The molecule has 1 fully saturated rings. The molecule has 0 aliphatic carbocycles. The molecule has 120 valence electrons. The summed E-state index contributed by atoms with van der Waals surface area (Å²) in [6.07, 6.45) is 4.89. The Balaban J connectivity index is 2.11. The van der Waals surface area contributed by atoms with E-state index in [4.69, 9.17) is 0 Å². The number of rotatable bonds is 4. The number of carboxylic acid groups (broad SMARTS) is 1. The van der Waals surface area contributed by atoms with Gasteiger partial charge in [-0.3, -0.25) is 14.7 Å². The highest BCUT2D eigenvalue weighted by Crippen LogP contribution is 2.36. The second-order valence-electron chi connectivity index (χ2n) is 5.92. The average Bonchev–Trinajstić information content (AvgIpc) is 2.99. The molecule has 0 radical (unpaired) electrons. The van der Waals surface area contributed by atoms with Gasteiger partial charge in [-0.15, -0.1) is 0 Å². The maximum atomic E-state index is 13.7. The van der Waals surface area contributed by atoms with E-state index in [1.807, 2.05) is 24.0 Å². The fourth-order valence-electron chi connectivity index (χ4n) is 3.38. The lowest BCUT2D eigenvalue weighted by Crippen LogP contribution is -2.39. The number of carboxylic acids is 1. The molecule has 23 heavy (non-hydrogen) atoms. The number of nitrogens with zero attached hydrogens (tertiary/aromatic N) is 2. The molecule has 2 heterocycles. The Morgan fingerprint density at radius 1 is 1.43 bits per heavy atom. The zero-order valence-electron chi connectivity index (χ0n) is 12.9. The Kier molecular flexibility index (Phi) is 4.39. The van der Waals surface area contributed by atoms with Crippen LogP contribution in [0.25, 0.3) is 0 Å². The molecule has 5 heteroatoms. The van der Waals surface area contributed by atoms with Crippen LogP contribution in [0.1, 0.15) is 35.6 Å². The van der Waals surface area contributed by atoms with Crippen molar-refractivity contribution in [3.8, 4) is 0 Å². The van der Waals surface area contributed by atoms with E-state index in [9.17, 15) is 14.3 Å². The number of hydrogen-bond acceptors (Lipinski definition) is 3. The number of likely N-dealkylation sites (tertiary alicyclic amines) is 1. The number of aromatic nitrogens is 1. The summed E-state index contributed by atoms with van der Waals surface area (Å²) in [6.45, 7) is 2.63. The minimum atomic E-state index is -0.824. The Bertz CT molecular complexity index is 720. The molecule has 2 atom stereocenters. The third kappa shape index (κ3) is 3.10. The van der Waals surface area contributed by atoms with Crippen LogP contribution in [0.2, 0.25) is 0 Å². The van der Waals surface area contributed by atoms with Crippen molar-refractivity contribution in [2.75, 3.05) is 6.54 Å². The van der Waals surface area contributed by atoms with E-state index in [1.165, 1.54) is 12.1 Å². The summed E-state index contributed by atoms with van der Waals surface area (Å²) < 4.78 is 13.7. The van der Waals surface area contributed by atoms with Crippen molar-refractivity contribution in [1.82, 2.24) is 9.88 Å². The first-order chi connectivity index (χ1) is 11.1. The quantitative estimate of drug-likeness (QED) is 0.942. The minimum Gasteiger partial charge on any atom is -0.480 e. The first kappa shape index (κ1) is 15.6. The summed E-state index contributed by atoms with van der Waals surface area (Å²) in [4.78, 5) is 17.7. The monoisotopic (exact) mass is 314 g/mol. The van der Waals surface area contributed by atoms with Crippen LogP contribution < -0.4 is 0 Å². The van der Waals surface area contributed by atoms with E-state index >= 15 is 0 Å². The summed E-state index contributed by atoms with van der Waals surface area (Å²) >= 11 is 0. The SMILES string of the molecule is Cc1cnccc1C(c1cccc(F)c1)N1CCCC1C(=O)O. The van der Waals surface area contributed by atoms with Crippen molar-refractivity contribution in [2.45, 2.75) is 31.8 Å². The van der Waals surface area contributed by atoms with Crippen molar-refractivity contribution in [3.63, 3.8) is 0 Å². The van der Waals surface area contributed by atoms with Crippen molar-refractivity contribution in [3.05, 3.63) is 65.2 Å². The summed E-state index contributed by atoms with van der Waals surface area (Å²) in [5.74, 6) is -1.14. The van der Waals surface area contributed by atoms with Crippen LogP contribution in [0.3, 0.4) is 0 Å². The summed E-state index contributed by atoms with van der Waals surface area (Å²) in [5, 5.41) is 9.52. The number of aliphatic carboxylic acids is 1. The van der Waals surface area contributed by atoms with Gasteiger partial charge in [-0.05, 0) is 54.7 Å². The lowest BCUT2D eigenvalue weighted by Gasteiger charge is -2.32. The van der Waals surface area contributed by atoms with E-state index in [0.29, 0.717) is 13.0 Å². The standard InChI is InChI=1S/C18H19FN2O2/c1-12-11-20-8-7-15(12)17(13-4-2-5-14(19)10-13)21-9-3-6-16(21)18(22)23/h2,4-5,7-8,10-11,16-17H,3,6,9H2,1H3,(H,22,23). The molecule has 2 aromatic rings. The van der Waals surface area contributed by atoms with Crippen molar-refractivity contribution >= 4 is 5.97 Å². The first-order valence-corrected chi connectivity index (χ1v) is 7.72. The van der Waals surface area contributed by atoms with Crippen LogP contribution in [-0.4, -0.2) is 33.5 Å². The van der Waals surface area contributed by atoms with Gasteiger partial charge in [-0.25, -0.2) is 4.39 Å². The molecule has 1 aliphatic rings. The summed E-state index contributed by atoms with van der Waals surface area (Å²) in [5.41, 5.74) is 2.71. The second kappa shape index (κ2) is 6.46. The predicted molar refractivity (Wildman–Crippen MR) is 84.6 cm³/mol. The molecule has 0 bridgehead atoms. The molecule has 0 saturated carbocycles. The van der Waals surface area contributed by atoms with Gasteiger partial charge < -0.3 is 5.11 Å². The number of hydrogen-bond donors (Lipinski definition) is 1. The van der Waals surface area contributed by atoms with Crippen LogP contribution >= 0.6 is 0 Å². The topological polar surface area (TPSA) is 53.4 Å². The van der Waals surface area contributed by atoms with E-state index in [0.717, 1.165) is 23.1 Å². The smallest absolute Gasteiger partial charge is 0.320 e. The van der Waals surface area contributed by atoms with Gasteiger partial charge in [-0.1, -0.05) is 12.1 Å². The highest BCUT2D eigenvalue weighted by atomic mass is 19.1. The van der Waals surface area contributed by atoms with Gasteiger partial charge in [0.05, 0.1) is 6.04 Å². The number of aryl methyl sites for hydroxylation is 1. The normalized spacial score (nSPS) is 19.7. The van der Waals surface area contributed by atoms with Crippen molar-refractivity contribution in [2.24, 2.45) is 0 Å². The van der Waals surface area contributed by atoms with Gasteiger partial charge in [0.15, 0.2) is 0 Å². The fourth-order valence-corrected chi connectivity index (χ4v) is 3.38. The number of pyridine rings is 1. The van der Waals surface area contributed by atoms with E-state index in [1.54, 1.807) is 18.5 Å². The third-order valence-corrected chi connectivity index (χ3v) is 4.43. The zero-order valence-corrected chi connectivity index (χ0v) is 12.9. The van der Waals surface area contributed by atoms with Crippen LogP contribution in [0.4, 0.5) is 4.39 Å². The molecule has 0 amide bonds. The molecule has 4 nitrogen and oxygen atoms in total. The Morgan fingerprint density at radius 3 is 2.96 bits per heavy atom. The summed E-state index contributed by atoms with van der Waals surface area (Å²) in [6, 6.07) is 7.47. The van der Waals surface area contributed by atoms with Crippen LogP contribution in [0, 0.1) is 12.7 Å². The minimum absolute atomic E-state index is 0.280. The second-order valence-corrected chi connectivity index (χ2v) is 5.92.